The van der Waals surface area contributed by atoms with Crippen molar-refractivity contribution in [3.05, 3.63) is 83.9 Å². The first-order valence-electron chi connectivity index (χ1n) is 10.9. The number of thioether (sulfide) groups is 1. The van der Waals surface area contributed by atoms with Gasteiger partial charge in [-0.25, -0.2) is 4.98 Å². The van der Waals surface area contributed by atoms with E-state index in [1.807, 2.05) is 65.2 Å². The van der Waals surface area contributed by atoms with E-state index in [4.69, 9.17) is 4.98 Å². The number of benzene rings is 3. The summed E-state index contributed by atoms with van der Waals surface area (Å²) in [6.45, 7) is 2.44. The number of aromatic nitrogens is 2. The van der Waals surface area contributed by atoms with Crippen molar-refractivity contribution in [2.45, 2.75) is 30.8 Å². The molecule has 0 saturated heterocycles. The Hall–Kier alpha value is -3.58. The van der Waals surface area contributed by atoms with Gasteiger partial charge in [-0.2, -0.15) is 0 Å². The van der Waals surface area contributed by atoms with Gasteiger partial charge in [-0.1, -0.05) is 54.2 Å². The van der Waals surface area contributed by atoms with Gasteiger partial charge in [-0.15, -0.1) is 0 Å². The minimum Gasteiger partial charge on any atom is -0.325 e. The highest BCUT2D eigenvalue weighted by Crippen LogP contribution is 2.31. The minimum atomic E-state index is -0.110. The van der Waals surface area contributed by atoms with Crippen LogP contribution in [0.2, 0.25) is 0 Å². The molecule has 0 radical (unpaired) electrons. The number of nitrogens with one attached hydrogen (secondary N) is 1. The molecule has 0 atom stereocenters. The van der Waals surface area contributed by atoms with E-state index in [1.54, 1.807) is 23.6 Å². The molecule has 1 N–H and O–H groups in total. The average Bonchev–Trinajstić information content (AvgIpc) is 3.40. The lowest BCUT2D eigenvalue weighted by Gasteiger charge is -2.15. The van der Waals surface area contributed by atoms with Crippen LogP contribution in [0.1, 0.15) is 18.1 Å². The maximum Gasteiger partial charge on any atom is 0.244 e. The summed E-state index contributed by atoms with van der Waals surface area (Å²) >= 11 is 1.63. The summed E-state index contributed by atoms with van der Waals surface area (Å²) < 4.78 is 1.98. The topological polar surface area (TPSA) is 67.2 Å². The lowest BCUT2D eigenvalue weighted by Crippen LogP contribution is -2.25. The Morgan fingerprint density at radius 2 is 1.82 bits per heavy atom. The van der Waals surface area contributed by atoms with E-state index < -0.39 is 0 Å². The van der Waals surface area contributed by atoms with Crippen molar-refractivity contribution >= 4 is 46.0 Å². The molecule has 0 bridgehead atoms. The summed E-state index contributed by atoms with van der Waals surface area (Å²) in [6.07, 6.45) is 0.797. The van der Waals surface area contributed by atoms with Crippen molar-refractivity contribution in [3.8, 4) is 0 Å². The zero-order valence-electron chi connectivity index (χ0n) is 18.3. The number of carbonyl (C=O) groups is 2. The summed E-state index contributed by atoms with van der Waals surface area (Å²) in [4.78, 5) is 31.3. The monoisotopic (exact) mass is 456 g/mol. The third-order valence-corrected chi connectivity index (χ3v) is 6.82. The number of para-hydroxylation sites is 2. The van der Waals surface area contributed by atoms with Crippen LogP contribution in [-0.2, 0) is 28.3 Å². The predicted octanol–water partition coefficient (Wildman–Crippen LogP) is 4.88. The molecule has 1 aliphatic heterocycles. The van der Waals surface area contributed by atoms with Crippen LogP contribution in [0, 0.1) is 0 Å². The maximum atomic E-state index is 13.0. The molecule has 0 unspecified atom stereocenters. The summed E-state index contributed by atoms with van der Waals surface area (Å²) in [7, 11) is 0. The van der Waals surface area contributed by atoms with Crippen LogP contribution < -0.4 is 10.2 Å². The number of anilines is 2. The Kier molecular flexibility index (Phi) is 5.88. The van der Waals surface area contributed by atoms with E-state index in [-0.39, 0.29) is 18.4 Å². The zero-order chi connectivity index (χ0) is 22.8. The molecule has 1 aliphatic rings. The van der Waals surface area contributed by atoms with Crippen molar-refractivity contribution in [2.24, 2.45) is 0 Å². The Balaban J connectivity index is 1.34. The first kappa shape index (κ1) is 21.3. The molecule has 7 heteroatoms. The van der Waals surface area contributed by atoms with E-state index >= 15 is 0 Å². The van der Waals surface area contributed by atoms with Crippen LogP contribution >= 0.6 is 11.8 Å². The summed E-state index contributed by atoms with van der Waals surface area (Å²) in [5, 5.41) is 3.84. The van der Waals surface area contributed by atoms with Crippen LogP contribution in [0.5, 0.6) is 0 Å². The third kappa shape index (κ3) is 4.50. The van der Waals surface area contributed by atoms with Gasteiger partial charge in [-0.3, -0.25) is 9.59 Å². The number of hydrogen-bond donors (Lipinski definition) is 1. The van der Waals surface area contributed by atoms with Crippen LogP contribution in [0.3, 0.4) is 0 Å². The van der Waals surface area contributed by atoms with Crippen LogP contribution in [0.25, 0.3) is 11.0 Å². The Labute approximate surface area is 196 Å². The molecular weight excluding hydrogens is 432 g/mol. The lowest BCUT2D eigenvalue weighted by atomic mass is 10.1. The number of carbonyl (C=O) groups excluding carboxylic acids is 2. The summed E-state index contributed by atoms with van der Waals surface area (Å²) in [6, 6.07) is 23.9. The average molecular weight is 457 g/mol. The molecule has 5 rings (SSSR count). The molecule has 0 spiro atoms. The van der Waals surface area contributed by atoms with E-state index in [0.717, 1.165) is 45.3 Å². The van der Waals surface area contributed by atoms with Gasteiger partial charge in [0.05, 0.1) is 11.0 Å². The van der Waals surface area contributed by atoms with Gasteiger partial charge in [-0.05, 0) is 47.9 Å². The van der Waals surface area contributed by atoms with Gasteiger partial charge < -0.3 is 14.8 Å². The quantitative estimate of drug-likeness (QED) is 0.420. The Bertz CT molecular complexity index is 1330. The molecule has 0 saturated carbocycles. The SMILES string of the molecule is CC(=O)N1CCc2cc(NC(=O)Cn3c(SCc4ccccc4)nc4ccccc43)ccc21. The second-order valence-corrected chi connectivity index (χ2v) is 9.00. The van der Waals surface area contributed by atoms with E-state index in [9.17, 15) is 9.59 Å². The number of nitrogens with zero attached hydrogens (tertiary/aromatic N) is 3. The zero-order valence-corrected chi connectivity index (χ0v) is 19.1. The standard InChI is InChI=1S/C26H24N4O2S/c1-18(31)29-14-13-20-15-21(11-12-23(20)29)27-25(32)16-30-24-10-6-5-9-22(24)28-26(30)33-17-19-7-3-2-4-8-19/h2-12,15H,13-14,16-17H2,1H3,(H,27,32). The number of fused-ring (bicyclic) bond motifs is 2. The molecule has 33 heavy (non-hydrogen) atoms. The molecule has 4 aromatic rings. The predicted molar refractivity (Wildman–Crippen MR) is 133 cm³/mol. The van der Waals surface area contributed by atoms with Gasteiger partial charge in [0.2, 0.25) is 11.8 Å². The van der Waals surface area contributed by atoms with Crippen molar-refractivity contribution in [3.63, 3.8) is 0 Å². The van der Waals surface area contributed by atoms with Gasteiger partial charge in [0, 0.05) is 30.6 Å². The second kappa shape index (κ2) is 9.11. The molecule has 1 aromatic heterocycles. The van der Waals surface area contributed by atoms with E-state index in [1.165, 1.54) is 5.56 Å². The van der Waals surface area contributed by atoms with Crippen molar-refractivity contribution in [2.75, 3.05) is 16.8 Å². The molecule has 0 fully saturated rings. The maximum absolute atomic E-state index is 13.0. The number of rotatable bonds is 6. The second-order valence-electron chi connectivity index (χ2n) is 8.06. The fourth-order valence-electron chi connectivity index (χ4n) is 4.19. The highest BCUT2D eigenvalue weighted by atomic mass is 32.2. The lowest BCUT2D eigenvalue weighted by molar-refractivity contribution is -0.117. The first-order valence-corrected chi connectivity index (χ1v) is 11.9. The summed E-state index contributed by atoms with van der Waals surface area (Å²) in [5.74, 6) is 0.711. The van der Waals surface area contributed by atoms with Crippen molar-refractivity contribution in [1.29, 1.82) is 0 Å². The van der Waals surface area contributed by atoms with Crippen molar-refractivity contribution in [1.82, 2.24) is 9.55 Å². The van der Waals surface area contributed by atoms with E-state index in [2.05, 4.69) is 17.4 Å². The fourth-order valence-corrected chi connectivity index (χ4v) is 5.16. The molecule has 3 aromatic carbocycles. The highest BCUT2D eigenvalue weighted by Gasteiger charge is 2.22. The van der Waals surface area contributed by atoms with Gasteiger partial charge >= 0.3 is 0 Å². The Morgan fingerprint density at radius 3 is 2.64 bits per heavy atom. The highest BCUT2D eigenvalue weighted by molar-refractivity contribution is 7.98. The van der Waals surface area contributed by atoms with Crippen LogP contribution in [-0.4, -0.2) is 27.9 Å². The largest absolute Gasteiger partial charge is 0.325 e. The molecule has 0 aliphatic carbocycles. The van der Waals surface area contributed by atoms with E-state index in [0.29, 0.717) is 6.54 Å². The molecular formula is C26H24N4O2S. The molecule has 2 amide bonds. The van der Waals surface area contributed by atoms with Gasteiger partial charge in [0.25, 0.3) is 0 Å². The fraction of sp³-hybridized carbons (Fsp3) is 0.192. The number of imidazole rings is 1. The minimum absolute atomic E-state index is 0.0399. The number of hydrogen-bond acceptors (Lipinski definition) is 4. The van der Waals surface area contributed by atoms with Gasteiger partial charge in [0.1, 0.15) is 6.54 Å². The third-order valence-electron chi connectivity index (χ3n) is 5.77. The molecule has 6 nitrogen and oxygen atoms in total. The number of amides is 2. The normalized spacial score (nSPS) is 12.7. The van der Waals surface area contributed by atoms with Gasteiger partial charge in [0.15, 0.2) is 5.16 Å². The van der Waals surface area contributed by atoms with Crippen molar-refractivity contribution < 1.29 is 9.59 Å². The van der Waals surface area contributed by atoms with Crippen LogP contribution in [0.15, 0.2) is 78.0 Å². The first-order chi connectivity index (χ1) is 16.1. The smallest absolute Gasteiger partial charge is 0.244 e. The van der Waals surface area contributed by atoms with Crippen LogP contribution in [0.4, 0.5) is 11.4 Å². The Morgan fingerprint density at radius 1 is 1.03 bits per heavy atom. The summed E-state index contributed by atoms with van der Waals surface area (Å²) in [5.41, 5.74) is 5.78. The molecule has 166 valence electrons. The molecule has 2 heterocycles.